The van der Waals surface area contributed by atoms with E-state index in [9.17, 15) is 4.79 Å². The van der Waals surface area contributed by atoms with Crippen LogP contribution in [0.3, 0.4) is 0 Å². The Morgan fingerprint density at radius 1 is 1.33 bits per heavy atom. The summed E-state index contributed by atoms with van der Waals surface area (Å²) in [5.74, 6) is -0.111. The van der Waals surface area contributed by atoms with E-state index in [1.165, 1.54) is 0 Å². The maximum Gasteiger partial charge on any atom is 0.228 e. The van der Waals surface area contributed by atoms with Gasteiger partial charge in [-0.15, -0.1) is 0 Å². The van der Waals surface area contributed by atoms with Gasteiger partial charge in [0, 0.05) is 18.1 Å². The van der Waals surface area contributed by atoms with E-state index in [1.54, 1.807) is 24.5 Å². The van der Waals surface area contributed by atoms with Gasteiger partial charge in [-0.3, -0.25) is 9.78 Å². The molecule has 0 atom stereocenters. The van der Waals surface area contributed by atoms with E-state index in [1.807, 2.05) is 18.2 Å². The second kappa shape index (κ2) is 5.64. The van der Waals surface area contributed by atoms with Crippen LogP contribution in [0.1, 0.15) is 5.56 Å². The Balaban J connectivity index is 2.06. The monoisotopic (exact) mass is 305 g/mol. The molecule has 0 saturated heterocycles. The number of nitrogens with one attached hydrogen (secondary N) is 1. The van der Waals surface area contributed by atoms with Crippen LogP contribution in [0.2, 0.25) is 0 Å². The van der Waals surface area contributed by atoms with Gasteiger partial charge in [0.2, 0.25) is 5.91 Å². The number of benzene rings is 1. The average molecular weight is 306 g/mol. The van der Waals surface area contributed by atoms with Crippen molar-refractivity contribution in [1.82, 2.24) is 4.98 Å². The van der Waals surface area contributed by atoms with Gasteiger partial charge < -0.3 is 11.1 Å². The largest absolute Gasteiger partial charge is 0.398 e. The van der Waals surface area contributed by atoms with Gasteiger partial charge in [0.1, 0.15) is 0 Å². The predicted molar refractivity (Wildman–Crippen MR) is 75.1 cm³/mol. The third kappa shape index (κ3) is 3.07. The van der Waals surface area contributed by atoms with Crippen molar-refractivity contribution in [2.75, 3.05) is 11.1 Å². The van der Waals surface area contributed by atoms with Gasteiger partial charge in [-0.1, -0.05) is 18.2 Å². The first-order chi connectivity index (χ1) is 8.66. The van der Waals surface area contributed by atoms with Gasteiger partial charge in [0.15, 0.2) is 0 Å². The average Bonchev–Trinajstić information content (AvgIpc) is 2.35. The molecule has 1 amide bonds. The summed E-state index contributed by atoms with van der Waals surface area (Å²) < 4.78 is 0.749. The summed E-state index contributed by atoms with van der Waals surface area (Å²) in [6.45, 7) is 0. The number of halogens is 1. The molecule has 0 aliphatic rings. The Morgan fingerprint density at radius 3 is 2.83 bits per heavy atom. The number of rotatable bonds is 3. The number of amides is 1. The van der Waals surface area contributed by atoms with Crippen molar-refractivity contribution in [1.29, 1.82) is 0 Å². The zero-order valence-corrected chi connectivity index (χ0v) is 11.1. The van der Waals surface area contributed by atoms with E-state index in [2.05, 4.69) is 26.2 Å². The molecule has 0 aliphatic heterocycles. The number of anilines is 2. The summed E-state index contributed by atoms with van der Waals surface area (Å²) in [6, 6.07) is 9.06. The van der Waals surface area contributed by atoms with Crippen LogP contribution in [0.5, 0.6) is 0 Å². The number of hydrogen-bond donors (Lipinski definition) is 2. The number of nitrogens with two attached hydrogens (primary N) is 1. The van der Waals surface area contributed by atoms with Crippen LogP contribution in [-0.2, 0) is 11.2 Å². The van der Waals surface area contributed by atoms with Crippen molar-refractivity contribution in [2.45, 2.75) is 6.42 Å². The molecule has 1 aromatic heterocycles. The number of nitrogen functional groups attached to an aromatic ring is 1. The molecule has 0 radical (unpaired) electrons. The standard InChI is InChI=1S/C13H12BrN3O/c14-10-8-16-6-5-12(10)17-13(18)7-9-3-1-2-4-11(9)15/h1-6,8H,7,15H2,(H,16,17,18). The van der Waals surface area contributed by atoms with Gasteiger partial charge in [0.05, 0.1) is 16.6 Å². The lowest BCUT2D eigenvalue weighted by Crippen LogP contribution is -2.15. The Labute approximate surface area is 113 Å². The van der Waals surface area contributed by atoms with Crippen LogP contribution >= 0.6 is 15.9 Å². The first-order valence-electron chi connectivity index (χ1n) is 5.39. The topological polar surface area (TPSA) is 68.0 Å². The minimum absolute atomic E-state index is 0.111. The third-order valence-corrected chi connectivity index (χ3v) is 3.08. The fourth-order valence-electron chi connectivity index (χ4n) is 1.54. The molecule has 0 aliphatic carbocycles. The second-order valence-electron chi connectivity index (χ2n) is 3.78. The van der Waals surface area contributed by atoms with Crippen LogP contribution in [0.25, 0.3) is 0 Å². The van der Waals surface area contributed by atoms with Crippen molar-refractivity contribution in [3.05, 3.63) is 52.8 Å². The number of hydrogen-bond acceptors (Lipinski definition) is 3. The highest BCUT2D eigenvalue weighted by molar-refractivity contribution is 9.10. The van der Waals surface area contributed by atoms with Crippen LogP contribution in [0.15, 0.2) is 47.2 Å². The molecular formula is C13H12BrN3O. The van der Waals surface area contributed by atoms with Gasteiger partial charge in [-0.05, 0) is 33.6 Å². The van der Waals surface area contributed by atoms with Crippen LogP contribution in [0, 0.1) is 0 Å². The number of pyridine rings is 1. The zero-order valence-electron chi connectivity index (χ0n) is 9.56. The number of para-hydroxylation sites is 1. The normalized spacial score (nSPS) is 10.1. The Morgan fingerprint density at radius 2 is 2.11 bits per heavy atom. The summed E-state index contributed by atoms with van der Waals surface area (Å²) in [7, 11) is 0. The number of carbonyl (C=O) groups excluding carboxylic acids is 1. The molecule has 0 bridgehead atoms. The molecule has 0 saturated carbocycles. The van der Waals surface area contributed by atoms with Crippen LogP contribution in [0.4, 0.5) is 11.4 Å². The first-order valence-corrected chi connectivity index (χ1v) is 6.19. The highest BCUT2D eigenvalue weighted by atomic mass is 79.9. The molecule has 0 spiro atoms. The lowest BCUT2D eigenvalue weighted by atomic mass is 10.1. The van der Waals surface area contributed by atoms with E-state index < -0.39 is 0 Å². The van der Waals surface area contributed by atoms with Gasteiger partial charge in [-0.2, -0.15) is 0 Å². The van der Waals surface area contributed by atoms with E-state index in [0.29, 0.717) is 11.4 Å². The van der Waals surface area contributed by atoms with Crippen molar-refractivity contribution in [3.63, 3.8) is 0 Å². The Kier molecular flexibility index (Phi) is 3.94. The summed E-state index contributed by atoms with van der Waals surface area (Å²) in [5.41, 5.74) is 7.94. The predicted octanol–water partition coefficient (Wildman–Crippen LogP) is 2.61. The molecule has 18 heavy (non-hydrogen) atoms. The summed E-state index contributed by atoms with van der Waals surface area (Å²) in [4.78, 5) is 15.8. The molecule has 1 heterocycles. The van der Waals surface area contributed by atoms with Crippen molar-refractivity contribution in [2.24, 2.45) is 0 Å². The van der Waals surface area contributed by atoms with E-state index in [4.69, 9.17) is 5.73 Å². The minimum Gasteiger partial charge on any atom is -0.398 e. The minimum atomic E-state index is -0.111. The highest BCUT2D eigenvalue weighted by Crippen LogP contribution is 2.20. The van der Waals surface area contributed by atoms with Gasteiger partial charge >= 0.3 is 0 Å². The first kappa shape index (κ1) is 12.6. The molecule has 2 aromatic rings. The number of nitrogens with zero attached hydrogens (tertiary/aromatic N) is 1. The van der Waals surface area contributed by atoms with Crippen molar-refractivity contribution >= 4 is 33.2 Å². The smallest absolute Gasteiger partial charge is 0.228 e. The number of aromatic nitrogens is 1. The van der Waals surface area contributed by atoms with Crippen molar-refractivity contribution < 1.29 is 4.79 Å². The molecule has 0 fully saturated rings. The summed E-state index contributed by atoms with van der Waals surface area (Å²) >= 11 is 3.32. The molecule has 4 nitrogen and oxygen atoms in total. The molecule has 1 aromatic carbocycles. The lowest BCUT2D eigenvalue weighted by molar-refractivity contribution is -0.115. The summed E-state index contributed by atoms with van der Waals surface area (Å²) in [6.07, 6.45) is 3.51. The maximum atomic E-state index is 11.9. The molecule has 2 rings (SSSR count). The molecule has 5 heteroatoms. The molecule has 0 unspecified atom stereocenters. The second-order valence-corrected chi connectivity index (χ2v) is 4.63. The third-order valence-electron chi connectivity index (χ3n) is 2.45. The van der Waals surface area contributed by atoms with Crippen LogP contribution < -0.4 is 11.1 Å². The highest BCUT2D eigenvalue weighted by Gasteiger charge is 2.08. The zero-order chi connectivity index (χ0) is 13.0. The molecule has 92 valence electrons. The fourth-order valence-corrected chi connectivity index (χ4v) is 1.89. The van der Waals surface area contributed by atoms with E-state index in [-0.39, 0.29) is 12.3 Å². The quantitative estimate of drug-likeness (QED) is 0.857. The maximum absolute atomic E-state index is 11.9. The van der Waals surface area contributed by atoms with Gasteiger partial charge in [0.25, 0.3) is 0 Å². The lowest BCUT2D eigenvalue weighted by Gasteiger charge is -2.08. The summed E-state index contributed by atoms with van der Waals surface area (Å²) in [5, 5.41) is 2.80. The SMILES string of the molecule is Nc1ccccc1CC(=O)Nc1ccncc1Br. The fraction of sp³-hybridized carbons (Fsp3) is 0.0769. The van der Waals surface area contributed by atoms with E-state index >= 15 is 0 Å². The van der Waals surface area contributed by atoms with Gasteiger partial charge in [-0.25, -0.2) is 0 Å². The Hall–Kier alpha value is -1.88. The Bertz CT molecular complexity index is 522. The number of carbonyl (C=O) groups is 1. The molecular weight excluding hydrogens is 294 g/mol. The van der Waals surface area contributed by atoms with Crippen molar-refractivity contribution in [3.8, 4) is 0 Å². The van der Waals surface area contributed by atoms with E-state index in [0.717, 1.165) is 10.0 Å². The molecule has 3 N–H and O–H groups in total. The van der Waals surface area contributed by atoms with Crippen LogP contribution in [-0.4, -0.2) is 10.9 Å².